The van der Waals surface area contributed by atoms with Crippen molar-refractivity contribution in [3.63, 3.8) is 0 Å². The van der Waals surface area contributed by atoms with Gasteiger partial charge in [-0.05, 0) is 57.4 Å². The van der Waals surface area contributed by atoms with E-state index in [1.54, 1.807) is 0 Å². The zero-order valence-electron chi connectivity index (χ0n) is 12.3. The molecule has 3 N–H and O–H groups in total. The van der Waals surface area contributed by atoms with Gasteiger partial charge < -0.3 is 15.5 Å². The molecule has 2 aliphatic rings. The van der Waals surface area contributed by atoms with Crippen molar-refractivity contribution < 1.29 is 9.21 Å². The van der Waals surface area contributed by atoms with Crippen molar-refractivity contribution in [2.24, 2.45) is 17.6 Å². The van der Waals surface area contributed by atoms with E-state index in [-0.39, 0.29) is 11.9 Å². The molecular weight excluding hydrogens is 252 g/mol. The third-order valence-corrected chi connectivity index (χ3v) is 4.92. The Bertz CT molecular complexity index is 495. The fraction of sp³-hybridized carbons (Fsp3) is 0.688. The molecule has 110 valence electrons. The summed E-state index contributed by atoms with van der Waals surface area (Å²) >= 11 is 0. The molecule has 0 aliphatic heterocycles. The first-order valence-electron chi connectivity index (χ1n) is 7.68. The van der Waals surface area contributed by atoms with Crippen molar-refractivity contribution >= 4 is 5.91 Å². The lowest BCUT2D eigenvalue weighted by atomic mass is 9.67. The van der Waals surface area contributed by atoms with Gasteiger partial charge in [0, 0.05) is 17.6 Å². The Morgan fingerprint density at radius 1 is 1.30 bits per heavy atom. The predicted molar refractivity (Wildman–Crippen MR) is 77.5 cm³/mol. The summed E-state index contributed by atoms with van der Waals surface area (Å²) in [5, 5.41) is 3.22. The number of furan rings is 1. The van der Waals surface area contributed by atoms with Gasteiger partial charge in [0.25, 0.3) is 5.91 Å². The molecule has 2 bridgehead atoms. The molecule has 4 heteroatoms. The maximum absolute atomic E-state index is 12.4. The summed E-state index contributed by atoms with van der Waals surface area (Å²) < 4.78 is 5.52. The van der Waals surface area contributed by atoms with Gasteiger partial charge in [0.2, 0.25) is 0 Å². The van der Waals surface area contributed by atoms with E-state index in [9.17, 15) is 4.79 Å². The van der Waals surface area contributed by atoms with Crippen molar-refractivity contribution in [2.75, 3.05) is 0 Å². The molecule has 2 aliphatic carbocycles. The van der Waals surface area contributed by atoms with Crippen LogP contribution in [-0.4, -0.2) is 18.0 Å². The van der Waals surface area contributed by atoms with Crippen molar-refractivity contribution in [3.8, 4) is 0 Å². The first-order valence-corrected chi connectivity index (χ1v) is 7.68. The van der Waals surface area contributed by atoms with Gasteiger partial charge in [-0.1, -0.05) is 6.42 Å². The molecule has 1 amide bonds. The van der Waals surface area contributed by atoms with Gasteiger partial charge in [-0.15, -0.1) is 0 Å². The van der Waals surface area contributed by atoms with Crippen LogP contribution in [0.5, 0.6) is 0 Å². The van der Waals surface area contributed by atoms with E-state index in [4.69, 9.17) is 10.2 Å². The van der Waals surface area contributed by atoms with Crippen LogP contribution < -0.4 is 11.1 Å². The van der Waals surface area contributed by atoms with Crippen LogP contribution in [0.2, 0.25) is 0 Å². The van der Waals surface area contributed by atoms with Crippen LogP contribution in [0.1, 0.15) is 54.0 Å². The fourth-order valence-electron chi connectivity index (χ4n) is 4.11. The number of carbonyl (C=O) groups excluding carboxylic acids is 1. The van der Waals surface area contributed by atoms with Crippen molar-refractivity contribution in [1.29, 1.82) is 0 Å². The summed E-state index contributed by atoms with van der Waals surface area (Å²) in [4.78, 5) is 12.4. The monoisotopic (exact) mass is 276 g/mol. The average molecular weight is 276 g/mol. The normalized spacial score (nSPS) is 33.0. The van der Waals surface area contributed by atoms with Gasteiger partial charge in [0.05, 0.1) is 0 Å². The molecule has 2 atom stereocenters. The lowest BCUT2D eigenvalue weighted by molar-refractivity contribution is 0.0730. The highest BCUT2D eigenvalue weighted by molar-refractivity contribution is 5.93. The van der Waals surface area contributed by atoms with Crippen LogP contribution in [0.4, 0.5) is 0 Å². The van der Waals surface area contributed by atoms with Crippen LogP contribution in [-0.2, 0) is 0 Å². The number of amides is 1. The van der Waals surface area contributed by atoms with Crippen LogP contribution in [0, 0.1) is 25.7 Å². The molecule has 0 radical (unpaired) electrons. The Labute approximate surface area is 120 Å². The minimum atomic E-state index is -0.0621. The molecule has 4 nitrogen and oxygen atoms in total. The van der Waals surface area contributed by atoms with Crippen molar-refractivity contribution in [3.05, 3.63) is 23.2 Å². The summed E-state index contributed by atoms with van der Waals surface area (Å²) in [6.45, 7) is 3.79. The summed E-state index contributed by atoms with van der Waals surface area (Å²) in [5.41, 5.74) is 7.04. The van der Waals surface area contributed by atoms with Crippen molar-refractivity contribution in [1.82, 2.24) is 5.32 Å². The van der Waals surface area contributed by atoms with E-state index in [2.05, 4.69) is 5.32 Å². The molecule has 1 aromatic heterocycles. The van der Waals surface area contributed by atoms with Crippen molar-refractivity contribution in [2.45, 2.75) is 58.0 Å². The topological polar surface area (TPSA) is 68.3 Å². The van der Waals surface area contributed by atoms with E-state index in [1.807, 2.05) is 19.9 Å². The molecule has 0 spiro atoms. The van der Waals surface area contributed by atoms with Gasteiger partial charge in [0.15, 0.2) is 5.76 Å². The van der Waals surface area contributed by atoms with E-state index in [0.29, 0.717) is 23.6 Å². The molecule has 0 saturated heterocycles. The second-order valence-corrected chi connectivity index (χ2v) is 6.55. The smallest absolute Gasteiger partial charge is 0.287 e. The zero-order chi connectivity index (χ0) is 14.3. The number of nitrogens with two attached hydrogens (primary N) is 1. The largest absolute Gasteiger partial charge is 0.456 e. The first kappa shape index (κ1) is 13.7. The van der Waals surface area contributed by atoms with Crippen LogP contribution in [0.3, 0.4) is 0 Å². The molecule has 2 unspecified atom stereocenters. The fourth-order valence-corrected chi connectivity index (χ4v) is 4.11. The number of hydrogen-bond donors (Lipinski definition) is 2. The van der Waals surface area contributed by atoms with Crippen LogP contribution in [0.15, 0.2) is 10.5 Å². The molecule has 1 aromatic rings. The third kappa shape index (κ3) is 2.49. The molecular formula is C16H24N2O2. The Kier molecular flexibility index (Phi) is 3.59. The third-order valence-electron chi connectivity index (χ3n) is 4.92. The molecule has 2 saturated carbocycles. The van der Waals surface area contributed by atoms with Gasteiger partial charge in [-0.3, -0.25) is 4.79 Å². The number of aryl methyl sites for hydroxylation is 2. The Morgan fingerprint density at radius 3 is 2.50 bits per heavy atom. The summed E-state index contributed by atoms with van der Waals surface area (Å²) in [6.07, 6.45) is 5.72. The first-order chi connectivity index (χ1) is 9.54. The summed E-state index contributed by atoms with van der Waals surface area (Å²) in [5.74, 6) is 2.28. The average Bonchev–Trinajstić information content (AvgIpc) is 2.69. The van der Waals surface area contributed by atoms with Gasteiger partial charge >= 0.3 is 0 Å². The minimum absolute atomic E-state index is 0.0621. The second kappa shape index (κ2) is 5.24. The molecule has 3 rings (SSSR count). The molecule has 1 heterocycles. The number of nitrogens with one attached hydrogen (secondary N) is 1. The number of fused-ring (bicyclic) bond motifs is 2. The number of hydrogen-bond acceptors (Lipinski definition) is 3. The van der Waals surface area contributed by atoms with Gasteiger partial charge in [-0.2, -0.15) is 0 Å². The molecule has 20 heavy (non-hydrogen) atoms. The maximum Gasteiger partial charge on any atom is 0.287 e. The van der Waals surface area contributed by atoms with Gasteiger partial charge in [-0.25, -0.2) is 0 Å². The van der Waals surface area contributed by atoms with Gasteiger partial charge in [0.1, 0.15) is 5.76 Å². The van der Waals surface area contributed by atoms with E-state index < -0.39 is 0 Å². The Morgan fingerprint density at radius 2 is 1.95 bits per heavy atom. The van der Waals surface area contributed by atoms with Crippen LogP contribution >= 0.6 is 0 Å². The molecule has 2 fully saturated rings. The Hall–Kier alpha value is -1.29. The quantitative estimate of drug-likeness (QED) is 0.872. The van der Waals surface area contributed by atoms with E-state index in [0.717, 1.165) is 24.2 Å². The SMILES string of the molecule is Cc1cc(C)c(C(=O)NC2C3CCCC2CC(N)C3)o1. The summed E-state index contributed by atoms with van der Waals surface area (Å²) in [7, 11) is 0. The summed E-state index contributed by atoms with van der Waals surface area (Å²) in [6, 6.07) is 2.50. The highest BCUT2D eigenvalue weighted by atomic mass is 16.3. The minimum Gasteiger partial charge on any atom is -0.456 e. The maximum atomic E-state index is 12.4. The number of carbonyl (C=O) groups is 1. The van der Waals surface area contributed by atoms with E-state index >= 15 is 0 Å². The van der Waals surface area contributed by atoms with Crippen LogP contribution in [0.25, 0.3) is 0 Å². The molecule has 0 aromatic carbocycles. The lowest BCUT2D eigenvalue weighted by Crippen LogP contribution is -2.53. The highest BCUT2D eigenvalue weighted by Gasteiger charge is 2.40. The zero-order valence-corrected chi connectivity index (χ0v) is 12.3. The standard InChI is InChI=1S/C16H24N2O2/c1-9-6-10(2)20-15(9)16(19)18-14-11-4-3-5-12(14)8-13(17)7-11/h6,11-14H,3-5,7-8,17H2,1-2H3,(H,18,19). The highest BCUT2D eigenvalue weighted by Crippen LogP contribution is 2.39. The second-order valence-electron chi connectivity index (χ2n) is 6.55. The number of rotatable bonds is 2. The van der Waals surface area contributed by atoms with E-state index in [1.165, 1.54) is 19.3 Å². The lowest BCUT2D eigenvalue weighted by Gasteiger charge is -2.45. The predicted octanol–water partition coefficient (Wildman–Crippen LogP) is 2.53. The Balaban J connectivity index is 1.74.